The van der Waals surface area contributed by atoms with Crippen LogP contribution in [0.2, 0.25) is 0 Å². The number of hydrogen-bond acceptors (Lipinski definition) is 4. The van der Waals surface area contributed by atoms with E-state index in [9.17, 15) is 4.79 Å². The number of aromatic amines is 1. The molecule has 2 heterocycles. The molecule has 1 saturated heterocycles. The standard InChI is InChI=1S/C14H17N3O2/c1-9-16-12-3-2-10(6-13(12)17-9)14(18)7-11-8-15-4-5-19-11/h2-3,6,11,15H,4-5,7-8H2,1H3,(H,16,17). The van der Waals surface area contributed by atoms with Crippen molar-refractivity contribution in [1.29, 1.82) is 0 Å². The van der Waals surface area contributed by atoms with Gasteiger partial charge in [-0.2, -0.15) is 0 Å². The monoisotopic (exact) mass is 259 g/mol. The number of rotatable bonds is 3. The number of carbonyl (C=O) groups is 1. The van der Waals surface area contributed by atoms with Gasteiger partial charge in [0.2, 0.25) is 0 Å². The summed E-state index contributed by atoms with van der Waals surface area (Å²) in [4.78, 5) is 19.7. The molecule has 100 valence electrons. The first-order valence-electron chi connectivity index (χ1n) is 6.54. The number of nitrogens with zero attached hydrogens (tertiary/aromatic N) is 1. The molecule has 2 N–H and O–H groups in total. The fraction of sp³-hybridized carbons (Fsp3) is 0.429. The van der Waals surface area contributed by atoms with Crippen LogP contribution in [0.15, 0.2) is 18.2 Å². The molecule has 1 fully saturated rings. The molecule has 0 amide bonds. The van der Waals surface area contributed by atoms with Crippen LogP contribution in [0.4, 0.5) is 0 Å². The Morgan fingerprint density at radius 1 is 1.53 bits per heavy atom. The molecule has 1 aromatic heterocycles. The number of ketones is 1. The van der Waals surface area contributed by atoms with Crippen LogP contribution in [-0.2, 0) is 4.74 Å². The van der Waals surface area contributed by atoms with Crippen molar-refractivity contribution in [3.8, 4) is 0 Å². The van der Waals surface area contributed by atoms with Crippen molar-refractivity contribution in [3.63, 3.8) is 0 Å². The highest BCUT2D eigenvalue weighted by Gasteiger charge is 2.18. The number of carbonyl (C=O) groups excluding carboxylic acids is 1. The maximum Gasteiger partial charge on any atom is 0.165 e. The molecule has 0 aliphatic carbocycles. The van der Waals surface area contributed by atoms with E-state index in [1.165, 1.54) is 0 Å². The fourth-order valence-electron chi connectivity index (χ4n) is 2.39. The van der Waals surface area contributed by atoms with Crippen LogP contribution in [0.3, 0.4) is 0 Å². The summed E-state index contributed by atoms with van der Waals surface area (Å²) in [7, 11) is 0. The molecule has 1 atom stereocenters. The molecular formula is C14H17N3O2. The Labute approximate surface area is 111 Å². The smallest absolute Gasteiger partial charge is 0.165 e. The number of benzene rings is 1. The second-order valence-electron chi connectivity index (χ2n) is 4.88. The van der Waals surface area contributed by atoms with Gasteiger partial charge in [-0.05, 0) is 25.1 Å². The molecule has 1 aromatic carbocycles. The van der Waals surface area contributed by atoms with Gasteiger partial charge in [-0.15, -0.1) is 0 Å². The molecule has 2 aromatic rings. The average Bonchev–Trinajstić information content (AvgIpc) is 2.78. The van der Waals surface area contributed by atoms with E-state index in [1.807, 2.05) is 25.1 Å². The lowest BCUT2D eigenvalue weighted by Crippen LogP contribution is -2.39. The van der Waals surface area contributed by atoms with Crippen molar-refractivity contribution in [2.24, 2.45) is 0 Å². The van der Waals surface area contributed by atoms with Crippen molar-refractivity contribution in [3.05, 3.63) is 29.6 Å². The van der Waals surface area contributed by atoms with Gasteiger partial charge in [0.25, 0.3) is 0 Å². The third-order valence-electron chi connectivity index (χ3n) is 3.34. The highest BCUT2D eigenvalue weighted by molar-refractivity contribution is 5.99. The Balaban J connectivity index is 1.76. The number of H-pyrrole nitrogens is 1. The summed E-state index contributed by atoms with van der Waals surface area (Å²) in [5.41, 5.74) is 2.51. The van der Waals surface area contributed by atoms with Crippen molar-refractivity contribution >= 4 is 16.8 Å². The van der Waals surface area contributed by atoms with Gasteiger partial charge < -0.3 is 15.0 Å². The summed E-state index contributed by atoms with van der Waals surface area (Å²) in [5.74, 6) is 0.974. The normalized spacial score (nSPS) is 19.7. The lowest BCUT2D eigenvalue weighted by atomic mass is 10.0. The first-order chi connectivity index (χ1) is 9.22. The van der Waals surface area contributed by atoms with E-state index in [0.29, 0.717) is 18.6 Å². The lowest BCUT2D eigenvalue weighted by molar-refractivity contribution is 0.0240. The highest BCUT2D eigenvalue weighted by Crippen LogP contribution is 2.16. The number of aromatic nitrogens is 2. The second-order valence-corrected chi connectivity index (χ2v) is 4.88. The zero-order valence-corrected chi connectivity index (χ0v) is 10.9. The topological polar surface area (TPSA) is 67.0 Å². The van der Waals surface area contributed by atoms with E-state index in [2.05, 4.69) is 15.3 Å². The number of fused-ring (bicyclic) bond motifs is 1. The largest absolute Gasteiger partial charge is 0.375 e. The van der Waals surface area contributed by atoms with Gasteiger partial charge in [-0.3, -0.25) is 4.79 Å². The zero-order chi connectivity index (χ0) is 13.2. The summed E-state index contributed by atoms with van der Waals surface area (Å²) in [6, 6.07) is 5.58. The van der Waals surface area contributed by atoms with Crippen molar-refractivity contribution in [1.82, 2.24) is 15.3 Å². The van der Waals surface area contributed by atoms with E-state index in [-0.39, 0.29) is 11.9 Å². The molecule has 5 heteroatoms. The maximum absolute atomic E-state index is 12.2. The molecule has 5 nitrogen and oxygen atoms in total. The molecule has 0 spiro atoms. The third kappa shape index (κ3) is 2.67. The molecule has 0 saturated carbocycles. The average molecular weight is 259 g/mol. The Morgan fingerprint density at radius 2 is 2.42 bits per heavy atom. The number of Topliss-reactive ketones (excluding diaryl/α,β-unsaturated/α-hetero) is 1. The molecule has 1 aliphatic heterocycles. The summed E-state index contributed by atoms with van der Waals surface area (Å²) in [6.45, 7) is 4.20. The molecule has 3 rings (SSSR count). The highest BCUT2D eigenvalue weighted by atomic mass is 16.5. The van der Waals surface area contributed by atoms with Gasteiger partial charge in [0.05, 0.1) is 23.7 Å². The minimum absolute atomic E-state index is 0.0135. The van der Waals surface area contributed by atoms with Gasteiger partial charge >= 0.3 is 0 Å². The van der Waals surface area contributed by atoms with Crippen molar-refractivity contribution < 1.29 is 9.53 Å². The van der Waals surface area contributed by atoms with Crippen molar-refractivity contribution in [2.75, 3.05) is 19.7 Å². The Morgan fingerprint density at radius 3 is 3.21 bits per heavy atom. The van der Waals surface area contributed by atoms with Crippen LogP contribution >= 0.6 is 0 Å². The summed E-state index contributed by atoms with van der Waals surface area (Å²) in [5, 5.41) is 3.23. The van der Waals surface area contributed by atoms with Crippen LogP contribution in [0.1, 0.15) is 22.6 Å². The quantitative estimate of drug-likeness (QED) is 0.818. The van der Waals surface area contributed by atoms with Gasteiger partial charge in [0.1, 0.15) is 5.82 Å². The van der Waals surface area contributed by atoms with Gasteiger partial charge in [-0.1, -0.05) is 0 Å². The van der Waals surface area contributed by atoms with E-state index in [4.69, 9.17) is 4.74 Å². The summed E-state index contributed by atoms with van der Waals surface area (Å²) < 4.78 is 5.56. The minimum atomic E-state index is -0.0135. The van der Waals surface area contributed by atoms with Gasteiger partial charge in [0, 0.05) is 25.1 Å². The van der Waals surface area contributed by atoms with Crippen LogP contribution in [0, 0.1) is 6.92 Å². The third-order valence-corrected chi connectivity index (χ3v) is 3.34. The van der Waals surface area contributed by atoms with Crippen LogP contribution in [0.5, 0.6) is 0 Å². The van der Waals surface area contributed by atoms with E-state index < -0.39 is 0 Å². The second kappa shape index (κ2) is 5.11. The zero-order valence-electron chi connectivity index (χ0n) is 10.9. The maximum atomic E-state index is 12.2. The SMILES string of the molecule is Cc1nc2ccc(C(=O)CC3CNCCO3)cc2[nH]1. The lowest BCUT2D eigenvalue weighted by Gasteiger charge is -2.22. The molecule has 0 radical (unpaired) electrons. The van der Waals surface area contributed by atoms with Crippen molar-refractivity contribution in [2.45, 2.75) is 19.4 Å². The number of hydrogen-bond donors (Lipinski definition) is 2. The Hall–Kier alpha value is -1.72. The van der Waals surface area contributed by atoms with Crippen LogP contribution in [-0.4, -0.2) is 41.6 Å². The molecule has 1 aliphatic rings. The number of imidazole rings is 1. The van der Waals surface area contributed by atoms with E-state index in [1.54, 1.807) is 0 Å². The number of nitrogens with one attached hydrogen (secondary N) is 2. The van der Waals surface area contributed by atoms with Gasteiger partial charge in [-0.25, -0.2) is 4.98 Å². The first-order valence-corrected chi connectivity index (χ1v) is 6.54. The first kappa shape index (κ1) is 12.3. The van der Waals surface area contributed by atoms with E-state index >= 15 is 0 Å². The Kier molecular flexibility index (Phi) is 3.31. The number of morpholine rings is 1. The molecular weight excluding hydrogens is 242 g/mol. The fourth-order valence-corrected chi connectivity index (χ4v) is 2.39. The molecule has 1 unspecified atom stereocenters. The van der Waals surface area contributed by atoms with Crippen LogP contribution < -0.4 is 5.32 Å². The number of aryl methyl sites for hydroxylation is 1. The van der Waals surface area contributed by atoms with Gasteiger partial charge in [0.15, 0.2) is 5.78 Å². The predicted molar refractivity (Wildman–Crippen MR) is 72.4 cm³/mol. The van der Waals surface area contributed by atoms with Crippen LogP contribution in [0.25, 0.3) is 11.0 Å². The minimum Gasteiger partial charge on any atom is -0.375 e. The predicted octanol–water partition coefficient (Wildman–Crippen LogP) is 1.43. The van der Waals surface area contributed by atoms with E-state index in [0.717, 1.165) is 29.9 Å². The number of ether oxygens (including phenoxy) is 1. The Bertz CT molecular complexity index is 600. The summed E-state index contributed by atoms with van der Waals surface area (Å²) in [6.07, 6.45) is 0.409. The summed E-state index contributed by atoms with van der Waals surface area (Å²) >= 11 is 0. The molecule has 0 bridgehead atoms. The molecule has 19 heavy (non-hydrogen) atoms.